The Morgan fingerprint density at radius 3 is 2.16 bits per heavy atom. The summed E-state index contributed by atoms with van der Waals surface area (Å²) in [4.78, 5) is 43.2. The number of hydrogen-bond acceptors (Lipinski definition) is 13. The first-order valence-electron chi connectivity index (χ1n) is 24.9. The van der Waals surface area contributed by atoms with E-state index < -0.39 is 33.3 Å². The van der Waals surface area contributed by atoms with Gasteiger partial charge in [-0.2, -0.15) is 4.58 Å². The Labute approximate surface area is 457 Å². The number of allylic oxidation sites excluding steroid dienone is 10. The smallest absolute Gasteiger partial charge is 0.744 e. The number of imide groups is 1. The molecule has 74 heavy (non-hydrogen) atoms. The van der Waals surface area contributed by atoms with Gasteiger partial charge in [-0.25, -0.2) is 13.2 Å². The molecule has 7 rings (SSSR count). The van der Waals surface area contributed by atoms with E-state index in [4.69, 9.17) is 28.5 Å². The Hall–Kier alpha value is -5.27. The largest absolute Gasteiger partial charge is 1.00 e. The zero-order valence-corrected chi connectivity index (χ0v) is 46.5. The van der Waals surface area contributed by atoms with Gasteiger partial charge in [-0.05, 0) is 82.9 Å². The number of carbonyl (C=O) groups is 3. The molecule has 0 bridgehead atoms. The molecule has 0 aliphatic carbocycles. The maximum Gasteiger partial charge on any atom is 1.00 e. The molecule has 3 aromatic rings. The van der Waals surface area contributed by atoms with Gasteiger partial charge in [0.1, 0.15) is 28.2 Å². The summed E-state index contributed by atoms with van der Waals surface area (Å²) in [6.07, 6.45) is 20.1. The Kier molecular flexibility index (Phi) is 20.8. The minimum absolute atomic E-state index is 0. The van der Waals surface area contributed by atoms with Crippen molar-refractivity contribution in [1.82, 2.24) is 5.06 Å². The van der Waals surface area contributed by atoms with Gasteiger partial charge in [-0.15, -0.1) is 5.06 Å². The molecule has 0 unspecified atom stereocenters. The number of anilines is 1. The van der Waals surface area contributed by atoms with Crippen molar-refractivity contribution in [2.75, 3.05) is 71.3 Å². The Morgan fingerprint density at radius 1 is 0.811 bits per heavy atom. The second-order valence-corrected chi connectivity index (χ2v) is 20.6. The number of methoxy groups -OCH3 is 1. The molecule has 0 aromatic heterocycles. The third-order valence-electron chi connectivity index (χ3n) is 13.2. The van der Waals surface area contributed by atoms with E-state index in [1.54, 1.807) is 13.2 Å². The average molecular weight is 1040 g/mol. The second-order valence-electron chi connectivity index (χ2n) is 19.2. The van der Waals surface area contributed by atoms with Gasteiger partial charge in [0.05, 0.1) is 62.1 Å². The maximum absolute atomic E-state index is 12.4. The number of amides is 2. The molecule has 0 atom stereocenters. The number of hydrogen-bond donors (Lipinski definition) is 0. The van der Waals surface area contributed by atoms with Crippen LogP contribution in [0.2, 0.25) is 0 Å². The van der Waals surface area contributed by atoms with Gasteiger partial charge in [-0.1, -0.05) is 72.9 Å². The first kappa shape index (κ1) is 58.0. The van der Waals surface area contributed by atoms with E-state index in [9.17, 15) is 27.4 Å². The van der Waals surface area contributed by atoms with Gasteiger partial charge in [0, 0.05) is 85.5 Å². The summed E-state index contributed by atoms with van der Waals surface area (Å²) in [5.41, 5.74) is 7.79. The third-order valence-corrected chi connectivity index (χ3v) is 14.0. The van der Waals surface area contributed by atoms with Gasteiger partial charge >= 0.3 is 35.5 Å². The van der Waals surface area contributed by atoms with Crippen LogP contribution in [-0.4, -0.2) is 118 Å². The van der Waals surface area contributed by atoms with Crippen molar-refractivity contribution < 1.29 is 90.0 Å². The molecule has 4 aliphatic heterocycles. The molecular formula is C57H67N3NaO12S+. The molecule has 0 N–H and O–H groups in total. The van der Waals surface area contributed by atoms with Crippen LogP contribution in [0.15, 0.2) is 120 Å². The Balaban J connectivity index is 0.00000892. The number of rotatable bonds is 25. The number of nitrogens with zero attached hydrogens (tertiary/aromatic N) is 3. The van der Waals surface area contributed by atoms with Crippen LogP contribution in [0.5, 0.6) is 5.75 Å². The van der Waals surface area contributed by atoms with Crippen LogP contribution in [-0.2, 0) is 53.7 Å². The van der Waals surface area contributed by atoms with Crippen molar-refractivity contribution >= 4 is 61.9 Å². The Morgan fingerprint density at radius 2 is 1.47 bits per heavy atom. The molecule has 1 saturated heterocycles. The first-order valence-corrected chi connectivity index (χ1v) is 26.3. The molecule has 0 spiro atoms. The molecule has 4 aliphatic rings. The quantitative estimate of drug-likeness (QED) is 0.0241. The predicted molar refractivity (Wildman–Crippen MR) is 279 cm³/mol. The Bertz CT molecular complexity index is 2850. The SMILES string of the molecule is COCCOCCOCCOCCN1c2cc3c(cc2C(C)=CC1(C)C)C(=CC=CC=CC=CC1=[N+](CCCCCC(=O)ON2C(=O)CCC2=O)c2ccc(S(=O)(=O)[O-])cc2C1(C)C)C=C(c1ccccc1)O3.[Na+]. The normalized spacial score (nSPS) is 17.5. The van der Waals surface area contributed by atoms with E-state index in [2.05, 4.69) is 60.6 Å². The number of carbonyl (C=O) groups excluding carboxylic acids is 3. The van der Waals surface area contributed by atoms with Crippen molar-refractivity contribution in [1.29, 1.82) is 0 Å². The fourth-order valence-corrected chi connectivity index (χ4v) is 9.98. The van der Waals surface area contributed by atoms with E-state index >= 15 is 0 Å². The van der Waals surface area contributed by atoms with Gasteiger partial charge in [0.2, 0.25) is 5.69 Å². The summed E-state index contributed by atoms with van der Waals surface area (Å²) < 4.78 is 67.2. The average Bonchev–Trinajstić information content (AvgIpc) is 3.78. The fraction of sp³-hybridized carbons (Fsp3) is 0.404. The number of fused-ring (bicyclic) bond motifs is 3. The molecule has 17 heteroatoms. The van der Waals surface area contributed by atoms with Gasteiger partial charge in [0.25, 0.3) is 11.8 Å². The van der Waals surface area contributed by atoms with Crippen LogP contribution < -0.4 is 39.2 Å². The fourth-order valence-electron chi connectivity index (χ4n) is 9.48. The van der Waals surface area contributed by atoms with Crippen LogP contribution in [0.1, 0.15) is 95.4 Å². The van der Waals surface area contributed by atoms with Crippen LogP contribution in [0.25, 0.3) is 16.9 Å². The van der Waals surface area contributed by atoms with Gasteiger partial charge in [0.15, 0.2) is 5.71 Å². The summed E-state index contributed by atoms with van der Waals surface area (Å²) in [6.45, 7) is 15.4. The van der Waals surface area contributed by atoms with E-state index in [0.717, 1.165) is 50.9 Å². The summed E-state index contributed by atoms with van der Waals surface area (Å²) in [5, 5.41) is 0.558. The number of unbranched alkanes of at least 4 members (excludes halogenated alkanes) is 2. The zero-order chi connectivity index (χ0) is 52.2. The van der Waals surface area contributed by atoms with E-state index in [1.165, 1.54) is 17.7 Å². The molecule has 15 nitrogen and oxygen atoms in total. The molecule has 388 valence electrons. The predicted octanol–water partition coefficient (Wildman–Crippen LogP) is 6.02. The van der Waals surface area contributed by atoms with E-state index in [0.29, 0.717) is 89.2 Å². The first-order chi connectivity index (χ1) is 35.0. The summed E-state index contributed by atoms with van der Waals surface area (Å²) in [7, 11) is -3.04. The molecule has 4 heterocycles. The minimum Gasteiger partial charge on any atom is -0.744 e. The summed E-state index contributed by atoms with van der Waals surface area (Å²) in [5.74, 6) is -0.183. The molecule has 2 amide bonds. The number of benzene rings is 3. The van der Waals surface area contributed by atoms with Gasteiger partial charge < -0.3 is 38.0 Å². The molecule has 0 radical (unpaired) electrons. The van der Waals surface area contributed by atoms with Crippen LogP contribution in [0.4, 0.5) is 11.4 Å². The maximum atomic E-state index is 12.4. The second kappa shape index (κ2) is 26.5. The minimum atomic E-state index is -4.69. The number of hydroxylamine groups is 2. The molecular weight excluding hydrogens is 974 g/mol. The van der Waals surface area contributed by atoms with Crippen molar-refractivity contribution in [3.05, 3.63) is 138 Å². The zero-order valence-electron chi connectivity index (χ0n) is 43.7. The molecule has 0 saturated carbocycles. The van der Waals surface area contributed by atoms with Crippen molar-refractivity contribution in [3.8, 4) is 5.75 Å². The van der Waals surface area contributed by atoms with Crippen LogP contribution in [0, 0.1) is 0 Å². The van der Waals surface area contributed by atoms with Crippen molar-refractivity contribution in [3.63, 3.8) is 0 Å². The van der Waals surface area contributed by atoms with Crippen molar-refractivity contribution in [2.24, 2.45) is 0 Å². The van der Waals surface area contributed by atoms with E-state index in [1.807, 2.05) is 80.6 Å². The van der Waals surface area contributed by atoms with Gasteiger partial charge in [-0.3, -0.25) is 9.59 Å². The number of ether oxygens (including phenoxy) is 5. The third kappa shape index (κ3) is 14.6. The van der Waals surface area contributed by atoms with Crippen LogP contribution >= 0.6 is 0 Å². The molecule has 3 aromatic carbocycles. The standard InChI is InChI=1S/C57H67N3O12S.Na/c1-41-40-56(2,3)59(28-29-68-32-33-70-35-34-69-31-30-67-6)49-39-51-46(38-45(41)49)43(36-50(71-51)42-18-13-10-14-19-42)20-12-8-7-9-15-21-52-57(4,5)47-37-44(73(64,65)66)23-24-48(47)58(52)27-17-11-16-22-55(63)72-60-53(61)25-26-54(60)62;/h7-10,12-15,18-21,23-24,36-40H,11,16-17,22,25-35H2,1-6H3;/q;+1. The summed E-state index contributed by atoms with van der Waals surface area (Å²) >= 11 is 0. The van der Waals surface area contributed by atoms with Crippen molar-refractivity contribution in [2.45, 2.75) is 89.0 Å². The monoisotopic (exact) mass is 1040 g/mol. The van der Waals surface area contributed by atoms with Crippen LogP contribution in [0.3, 0.4) is 0 Å². The summed E-state index contributed by atoms with van der Waals surface area (Å²) in [6, 6.07) is 18.9. The topological polar surface area (TPSA) is 173 Å². The molecule has 1 fully saturated rings. The van der Waals surface area contributed by atoms with E-state index in [-0.39, 0.29) is 59.3 Å².